The molecule has 0 amide bonds. The predicted molar refractivity (Wildman–Crippen MR) is 80.4 cm³/mol. The third kappa shape index (κ3) is 4.30. The lowest BCUT2D eigenvalue weighted by atomic mass is 9.73. The Morgan fingerprint density at radius 3 is 2.55 bits per heavy atom. The molecule has 0 bridgehead atoms. The molecule has 1 aromatic rings. The summed E-state index contributed by atoms with van der Waals surface area (Å²) in [5.74, 6) is 2.68. The van der Waals surface area contributed by atoms with E-state index in [4.69, 9.17) is 10.3 Å². The van der Waals surface area contributed by atoms with E-state index in [0.717, 1.165) is 12.2 Å². The summed E-state index contributed by atoms with van der Waals surface area (Å²) in [6.45, 7) is 9.05. The van der Waals surface area contributed by atoms with E-state index in [1.807, 2.05) is 0 Å². The number of rotatable bonds is 5. The standard InChI is InChI=1S/C16H29N3O/c1-11(2)9-13(17)10-14-18-15(19-20-14)12-5-7-16(3,4)8-6-12/h11-13H,5-10,17H2,1-4H3. The van der Waals surface area contributed by atoms with Crippen molar-refractivity contribution in [2.45, 2.75) is 78.2 Å². The maximum absolute atomic E-state index is 6.10. The second kappa shape index (κ2) is 6.25. The molecule has 114 valence electrons. The number of nitrogens with two attached hydrogens (primary N) is 1. The minimum atomic E-state index is 0.119. The highest BCUT2D eigenvalue weighted by atomic mass is 16.5. The molecule has 0 aromatic carbocycles. The fraction of sp³-hybridized carbons (Fsp3) is 0.875. The first kappa shape index (κ1) is 15.5. The van der Waals surface area contributed by atoms with Gasteiger partial charge in [-0.25, -0.2) is 0 Å². The van der Waals surface area contributed by atoms with Crippen LogP contribution < -0.4 is 5.73 Å². The molecule has 0 aliphatic heterocycles. The molecule has 0 saturated heterocycles. The van der Waals surface area contributed by atoms with Crippen LogP contribution in [0, 0.1) is 11.3 Å². The van der Waals surface area contributed by atoms with Crippen molar-refractivity contribution in [3.63, 3.8) is 0 Å². The largest absolute Gasteiger partial charge is 0.339 e. The van der Waals surface area contributed by atoms with Crippen molar-refractivity contribution in [1.29, 1.82) is 0 Å². The Labute approximate surface area is 122 Å². The molecule has 2 N–H and O–H groups in total. The summed E-state index contributed by atoms with van der Waals surface area (Å²) in [6, 6.07) is 0.119. The van der Waals surface area contributed by atoms with Gasteiger partial charge in [0.05, 0.1) is 0 Å². The summed E-state index contributed by atoms with van der Waals surface area (Å²) in [7, 11) is 0. The summed E-state index contributed by atoms with van der Waals surface area (Å²) in [6.07, 6.45) is 6.52. The average molecular weight is 279 g/mol. The number of hydrogen-bond acceptors (Lipinski definition) is 4. The Balaban J connectivity index is 1.89. The van der Waals surface area contributed by atoms with Crippen molar-refractivity contribution in [3.8, 4) is 0 Å². The molecular formula is C16H29N3O. The van der Waals surface area contributed by atoms with Gasteiger partial charge in [0, 0.05) is 18.4 Å². The summed E-state index contributed by atoms with van der Waals surface area (Å²) in [4.78, 5) is 4.57. The highest BCUT2D eigenvalue weighted by Gasteiger charge is 2.30. The van der Waals surface area contributed by atoms with Crippen LogP contribution >= 0.6 is 0 Å². The van der Waals surface area contributed by atoms with Gasteiger partial charge in [-0.1, -0.05) is 32.9 Å². The molecule has 4 heteroatoms. The molecule has 1 heterocycles. The molecule has 0 radical (unpaired) electrons. The second-order valence-electron chi connectivity index (χ2n) is 7.58. The third-order valence-corrected chi connectivity index (χ3v) is 4.40. The van der Waals surface area contributed by atoms with E-state index in [1.54, 1.807) is 0 Å². The predicted octanol–water partition coefficient (Wildman–Crippen LogP) is 3.67. The highest BCUT2D eigenvalue weighted by Crippen LogP contribution is 2.41. The number of aromatic nitrogens is 2. The Morgan fingerprint density at radius 1 is 1.30 bits per heavy atom. The number of nitrogens with zero attached hydrogens (tertiary/aromatic N) is 2. The molecule has 1 unspecified atom stereocenters. The zero-order valence-corrected chi connectivity index (χ0v) is 13.4. The Bertz CT molecular complexity index is 415. The van der Waals surface area contributed by atoms with E-state index < -0.39 is 0 Å². The average Bonchev–Trinajstić information content (AvgIpc) is 2.76. The lowest BCUT2D eigenvalue weighted by Crippen LogP contribution is -2.25. The van der Waals surface area contributed by atoms with Gasteiger partial charge in [0.2, 0.25) is 5.89 Å². The van der Waals surface area contributed by atoms with Crippen molar-refractivity contribution in [1.82, 2.24) is 10.1 Å². The van der Waals surface area contributed by atoms with E-state index in [1.165, 1.54) is 25.7 Å². The molecule has 4 nitrogen and oxygen atoms in total. The minimum Gasteiger partial charge on any atom is -0.339 e. The SMILES string of the molecule is CC(C)CC(N)Cc1nc(C2CCC(C)(C)CC2)no1. The first-order valence-corrected chi connectivity index (χ1v) is 7.94. The molecule has 0 spiro atoms. The van der Waals surface area contributed by atoms with Crippen LogP contribution in [0.1, 0.15) is 77.4 Å². The molecule has 1 aliphatic rings. The van der Waals surface area contributed by atoms with E-state index in [2.05, 4.69) is 37.8 Å². The first-order valence-electron chi connectivity index (χ1n) is 7.94. The molecule has 1 fully saturated rings. The monoisotopic (exact) mass is 279 g/mol. The highest BCUT2D eigenvalue weighted by molar-refractivity contribution is 4.99. The fourth-order valence-electron chi connectivity index (χ4n) is 3.09. The maximum Gasteiger partial charge on any atom is 0.228 e. The molecular weight excluding hydrogens is 250 g/mol. The topological polar surface area (TPSA) is 64.9 Å². The van der Waals surface area contributed by atoms with Crippen LogP contribution in [0.25, 0.3) is 0 Å². The molecule has 1 atom stereocenters. The van der Waals surface area contributed by atoms with Crippen LogP contribution in [0.15, 0.2) is 4.52 Å². The van der Waals surface area contributed by atoms with E-state index in [-0.39, 0.29) is 6.04 Å². The summed E-state index contributed by atoms with van der Waals surface area (Å²) in [5.41, 5.74) is 6.58. The molecule has 1 aliphatic carbocycles. The van der Waals surface area contributed by atoms with Crippen LogP contribution in [0.2, 0.25) is 0 Å². The third-order valence-electron chi connectivity index (χ3n) is 4.40. The van der Waals surface area contributed by atoms with Gasteiger partial charge in [-0.15, -0.1) is 0 Å². The van der Waals surface area contributed by atoms with Gasteiger partial charge in [0.15, 0.2) is 5.82 Å². The van der Waals surface area contributed by atoms with Gasteiger partial charge in [-0.3, -0.25) is 0 Å². The van der Waals surface area contributed by atoms with Crippen LogP contribution in [0.5, 0.6) is 0 Å². The van der Waals surface area contributed by atoms with Crippen LogP contribution in [0.4, 0.5) is 0 Å². The van der Waals surface area contributed by atoms with Crippen molar-refractivity contribution in [2.24, 2.45) is 17.1 Å². The lowest BCUT2D eigenvalue weighted by molar-refractivity contribution is 0.218. The Hall–Kier alpha value is -0.900. The maximum atomic E-state index is 6.10. The van der Waals surface area contributed by atoms with Crippen LogP contribution in [-0.2, 0) is 6.42 Å². The van der Waals surface area contributed by atoms with Crippen molar-refractivity contribution >= 4 is 0 Å². The van der Waals surface area contributed by atoms with Gasteiger partial charge in [0.1, 0.15) is 0 Å². The smallest absolute Gasteiger partial charge is 0.228 e. The molecule has 20 heavy (non-hydrogen) atoms. The zero-order valence-electron chi connectivity index (χ0n) is 13.4. The van der Waals surface area contributed by atoms with E-state index >= 15 is 0 Å². The Kier molecular flexibility index (Phi) is 4.84. The van der Waals surface area contributed by atoms with Gasteiger partial charge in [-0.2, -0.15) is 4.98 Å². The van der Waals surface area contributed by atoms with Gasteiger partial charge in [0.25, 0.3) is 0 Å². The quantitative estimate of drug-likeness (QED) is 0.893. The summed E-state index contributed by atoms with van der Waals surface area (Å²) in [5, 5.41) is 4.18. The Morgan fingerprint density at radius 2 is 1.95 bits per heavy atom. The van der Waals surface area contributed by atoms with Gasteiger partial charge >= 0.3 is 0 Å². The van der Waals surface area contributed by atoms with E-state index in [9.17, 15) is 0 Å². The van der Waals surface area contributed by atoms with Crippen molar-refractivity contribution < 1.29 is 4.52 Å². The molecule has 1 aromatic heterocycles. The normalized spacial score (nSPS) is 21.3. The fourth-order valence-corrected chi connectivity index (χ4v) is 3.09. The number of hydrogen-bond donors (Lipinski definition) is 1. The zero-order chi connectivity index (χ0) is 14.8. The summed E-state index contributed by atoms with van der Waals surface area (Å²) >= 11 is 0. The second-order valence-corrected chi connectivity index (χ2v) is 7.58. The van der Waals surface area contributed by atoms with Gasteiger partial charge < -0.3 is 10.3 Å². The van der Waals surface area contributed by atoms with Crippen molar-refractivity contribution in [3.05, 3.63) is 11.7 Å². The first-order chi connectivity index (χ1) is 9.35. The van der Waals surface area contributed by atoms with Gasteiger partial charge in [-0.05, 0) is 43.4 Å². The van der Waals surface area contributed by atoms with Crippen LogP contribution in [0.3, 0.4) is 0 Å². The van der Waals surface area contributed by atoms with E-state index in [0.29, 0.717) is 29.6 Å². The molecule has 1 saturated carbocycles. The van der Waals surface area contributed by atoms with Crippen LogP contribution in [-0.4, -0.2) is 16.2 Å². The lowest BCUT2D eigenvalue weighted by Gasteiger charge is -2.32. The minimum absolute atomic E-state index is 0.119. The molecule has 2 rings (SSSR count). The van der Waals surface area contributed by atoms with Crippen molar-refractivity contribution in [2.75, 3.05) is 0 Å². The summed E-state index contributed by atoms with van der Waals surface area (Å²) < 4.78 is 5.38.